The molecule has 0 saturated heterocycles. The monoisotopic (exact) mass is 252 g/mol. The van der Waals surface area contributed by atoms with Crippen LogP contribution in [0.3, 0.4) is 0 Å². The van der Waals surface area contributed by atoms with Crippen molar-refractivity contribution < 1.29 is 14.7 Å². The van der Waals surface area contributed by atoms with Crippen LogP contribution in [0.1, 0.15) is 19.4 Å². The fourth-order valence-corrected chi connectivity index (χ4v) is 2.46. The number of rotatable bonds is 6. The SMILES string of the molecule is CC(C)C(=O)C(SCc1ccccc1)C(=O)O. The maximum atomic E-state index is 11.7. The summed E-state index contributed by atoms with van der Waals surface area (Å²) in [6.07, 6.45) is 0. The Morgan fingerprint density at radius 2 is 1.82 bits per heavy atom. The molecule has 3 nitrogen and oxygen atoms in total. The second kappa shape index (κ2) is 6.45. The highest BCUT2D eigenvalue weighted by Crippen LogP contribution is 2.21. The van der Waals surface area contributed by atoms with Gasteiger partial charge in [0.2, 0.25) is 0 Å². The molecule has 0 aliphatic rings. The van der Waals surface area contributed by atoms with E-state index < -0.39 is 11.2 Å². The number of carboxylic acids is 1. The van der Waals surface area contributed by atoms with Gasteiger partial charge < -0.3 is 5.11 Å². The largest absolute Gasteiger partial charge is 0.480 e. The molecular formula is C13H16O3S. The summed E-state index contributed by atoms with van der Waals surface area (Å²) >= 11 is 1.17. The molecule has 1 aromatic rings. The molecule has 0 saturated carbocycles. The fourth-order valence-electron chi connectivity index (χ4n) is 1.33. The van der Waals surface area contributed by atoms with Crippen LogP contribution >= 0.6 is 11.8 Å². The quantitative estimate of drug-likeness (QED) is 0.791. The summed E-state index contributed by atoms with van der Waals surface area (Å²) in [5, 5.41) is 8.07. The van der Waals surface area contributed by atoms with Gasteiger partial charge in [0, 0.05) is 11.7 Å². The lowest BCUT2D eigenvalue weighted by molar-refractivity contribution is -0.140. The number of aliphatic carboxylic acids is 1. The lowest BCUT2D eigenvalue weighted by atomic mass is 10.1. The van der Waals surface area contributed by atoms with Gasteiger partial charge in [0.25, 0.3) is 0 Å². The fraction of sp³-hybridized carbons (Fsp3) is 0.385. The summed E-state index contributed by atoms with van der Waals surface area (Å²) in [5.41, 5.74) is 1.03. The number of ketones is 1. The molecule has 0 aliphatic heterocycles. The molecule has 0 aromatic heterocycles. The van der Waals surface area contributed by atoms with E-state index in [1.807, 2.05) is 30.3 Å². The normalized spacial score (nSPS) is 12.4. The molecule has 0 bridgehead atoms. The Balaban J connectivity index is 2.63. The minimum Gasteiger partial charge on any atom is -0.480 e. The first-order chi connectivity index (χ1) is 8.02. The molecule has 1 N–H and O–H groups in total. The van der Waals surface area contributed by atoms with E-state index in [-0.39, 0.29) is 11.7 Å². The standard InChI is InChI=1S/C13H16O3S/c1-9(2)11(14)12(13(15)16)17-8-10-6-4-3-5-7-10/h3-7,9,12H,8H2,1-2H3,(H,15,16). The molecule has 0 spiro atoms. The van der Waals surface area contributed by atoms with Crippen molar-refractivity contribution in [2.45, 2.75) is 24.9 Å². The number of thioether (sulfide) groups is 1. The van der Waals surface area contributed by atoms with E-state index in [4.69, 9.17) is 5.11 Å². The first-order valence-electron chi connectivity index (χ1n) is 5.44. The highest BCUT2D eigenvalue weighted by Gasteiger charge is 2.28. The Kier molecular flexibility index (Phi) is 5.22. The van der Waals surface area contributed by atoms with Gasteiger partial charge in [-0.05, 0) is 5.56 Å². The third-order valence-corrected chi connectivity index (χ3v) is 3.58. The Morgan fingerprint density at radius 1 is 1.24 bits per heavy atom. The van der Waals surface area contributed by atoms with E-state index in [9.17, 15) is 9.59 Å². The molecule has 0 heterocycles. The number of hydrogen-bond acceptors (Lipinski definition) is 3. The van der Waals surface area contributed by atoms with Crippen LogP contribution in [0.2, 0.25) is 0 Å². The number of hydrogen-bond donors (Lipinski definition) is 1. The maximum Gasteiger partial charge on any atom is 0.324 e. The highest BCUT2D eigenvalue weighted by atomic mass is 32.2. The number of carbonyl (C=O) groups excluding carboxylic acids is 1. The molecular weight excluding hydrogens is 236 g/mol. The van der Waals surface area contributed by atoms with E-state index in [0.717, 1.165) is 5.56 Å². The van der Waals surface area contributed by atoms with Crippen LogP contribution in [-0.2, 0) is 15.3 Å². The van der Waals surface area contributed by atoms with Crippen LogP contribution in [0.5, 0.6) is 0 Å². The highest BCUT2D eigenvalue weighted by molar-refractivity contribution is 8.00. The second-order valence-corrected chi connectivity index (χ2v) is 5.17. The molecule has 0 amide bonds. The average molecular weight is 252 g/mol. The number of Topliss-reactive ketones (excluding diaryl/α,β-unsaturated/α-hetero) is 1. The molecule has 0 fully saturated rings. The van der Waals surface area contributed by atoms with Gasteiger partial charge in [-0.15, -0.1) is 11.8 Å². The summed E-state index contributed by atoms with van der Waals surface area (Å²) in [5.74, 6) is -0.988. The topological polar surface area (TPSA) is 54.4 Å². The predicted octanol–water partition coefficient (Wildman–Crippen LogP) is 2.60. The molecule has 1 rings (SSSR count). The number of carbonyl (C=O) groups is 2. The van der Waals surface area contributed by atoms with E-state index in [1.165, 1.54) is 11.8 Å². The van der Waals surface area contributed by atoms with Crippen LogP contribution in [0.25, 0.3) is 0 Å². The number of carboxylic acid groups (broad SMARTS) is 1. The van der Waals surface area contributed by atoms with Crippen molar-refractivity contribution in [3.8, 4) is 0 Å². The Bertz CT molecular complexity index is 387. The molecule has 0 radical (unpaired) electrons. The van der Waals surface area contributed by atoms with Gasteiger partial charge in [-0.25, -0.2) is 0 Å². The molecule has 1 aromatic carbocycles. The summed E-state index contributed by atoms with van der Waals surface area (Å²) in [7, 11) is 0. The van der Waals surface area contributed by atoms with Crippen molar-refractivity contribution in [2.24, 2.45) is 5.92 Å². The minimum atomic E-state index is -1.05. The molecule has 92 valence electrons. The molecule has 17 heavy (non-hydrogen) atoms. The van der Waals surface area contributed by atoms with Gasteiger partial charge in [0.15, 0.2) is 11.0 Å². The van der Waals surface area contributed by atoms with Gasteiger partial charge in [0.1, 0.15) is 0 Å². The zero-order valence-corrected chi connectivity index (χ0v) is 10.7. The van der Waals surface area contributed by atoms with E-state index >= 15 is 0 Å². The first-order valence-corrected chi connectivity index (χ1v) is 6.49. The molecule has 4 heteroatoms. The predicted molar refractivity (Wildman–Crippen MR) is 69.0 cm³/mol. The zero-order chi connectivity index (χ0) is 12.8. The van der Waals surface area contributed by atoms with Crippen molar-refractivity contribution in [3.63, 3.8) is 0 Å². The van der Waals surface area contributed by atoms with E-state index in [0.29, 0.717) is 5.75 Å². The summed E-state index contributed by atoms with van der Waals surface area (Å²) in [6, 6.07) is 9.55. The van der Waals surface area contributed by atoms with Crippen LogP contribution < -0.4 is 0 Å². The van der Waals surface area contributed by atoms with Gasteiger partial charge in [-0.3, -0.25) is 9.59 Å². The Hall–Kier alpha value is -1.29. The van der Waals surface area contributed by atoms with Gasteiger partial charge in [-0.2, -0.15) is 0 Å². The lowest BCUT2D eigenvalue weighted by Crippen LogP contribution is -2.30. The van der Waals surface area contributed by atoms with Crippen LogP contribution in [0.4, 0.5) is 0 Å². The van der Waals surface area contributed by atoms with E-state index in [2.05, 4.69) is 0 Å². The first kappa shape index (κ1) is 13.8. The summed E-state index contributed by atoms with van der Waals surface area (Å²) < 4.78 is 0. The lowest BCUT2D eigenvalue weighted by Gasteiger charge is -2.13. The van der Waals surface area contributed by atoms with Gasteiger partial charge in [-0.1, -0.05) is 44.2 Å². The van der Waals surface area contributed by atoms with Crippen molar-refractivity contribution in [2.75, 3.05) is 0 Å². The zero-order valence-electron chi connectivity index (χ0n) is 9.92. The molecule has 1 atom stereocenters. The molecule has 1 unspecified atom stereocenters. The van der Waals surface area contributed by atoms with Crippen molar-refractivity contribution >= 4 is 23.5 Å². The average Bonchev–Trinajstić information content (AvgIpc) is 2.29. The Morgan fingerprint density at radius 3 is 2.29 bits per heavy atom. The number of benzene rings is 1. The van der Waals surface area contributed by atoms with Gasteiger partial charge >= 0.3 is 5.97 Å². The molecule has 0 aliphatic carbocycles. The van der Waals surface area contributed by atoms with Crippen molar-refractivity contribution in [1.82, 2.24) is 0 Å². The van der Waals surface area contributed by atoms with Crippen molar-refractivity contribution in [1.29, 1.82) is 0 Å². The smallest absolute Gasteiger partial charge is 0.324 e. The van der Waals surface area contributed by atoms with Crippen LogP contribution in [0, 0.1) is 5.92 Å². The van der Waals surface area contributed by atoms with Crippen LogP contribution in [0.15, 0.2) is 30.3 Å². The van der Waals surface area contributed by atoms with Gasteiger partial charge in [0.05, 0.1) is 0 Å². The maximum absolute atomic E-state index is 11.7. The third kappa shape index (κ3) is 4.23. The minimum absolute atomic E-state index is 0.224. The summed E-state index contributed by atoms with van der Waals surface area (Å²) in [6.45, 7) is 3.45. The Labute approximate surface area is 105 Å². The van der Waals surface area contributed by atoms with E-state index in [1.54, 1.807) is 13.8 Å². The van der Waals surface area contributed by atoms with Crippen LogP contribution in [-0.4, -0.2) is 22.1 Å². The van der Waals surface area contributed by atoms with Crippen molar-refractivity contribution in [3.05, 3.63) is 35.9 Å². The third-order valence-electron chi connectivity index (χ3n) is 2.31. The second-order valence-electron chi connectivity index (χ2n) is 4.07. The summed E-state index contributed by atoms with van der Waals surface area (Å²) in [4.78, 5) is 22.7.